The van der Waals surface area contributed by atoms with Gasteiger partial charge in [-0.3, -0.25) is 14.4 Å². The van der Waals surface area contributed by atoms with E-state index in [1.54, 1.807) is 0 Å². The highest BCUT2D eigenvalue weighted by Gasteiger charge is 2.43. The van der Waals surface area contributed by atoms with Gasteiger partial charge in [0.25, 0.3) is 0 Å². The van der Waals surface area contributed by atoms with Gasteiger partial charge in [0, 0.05) is 27.2 Å². The molecule has 0 bridgehead atoms. The number of carbonyl (C=O) groups excluding carboxylic acids is 3. The second kappa shape index (κ2) is 7.20. The lowest BCUT2D eigenvalue weighted by Gasteiger charge is -2.38. The number of carbonyl (C=O) groups is 3. The van der Waals surface area contributed by atoms with Crippen LogP contribution in [0.2, 0.25) is 0 Å². The van der Waals surface area contributed by atoms with Crippen LogP contribution in [0, 0.1) is 0 Å². The summed E-state index contributed by atoms with van der Waals surface area (Å²) in [6.45, 7) is 3.39. The van der Waals surface area contributed by atoms with E-state index in [1.807, 2.05) is 0 Å². The standard InChI is InChI=1S/C12H18O8/c1-6(13)17-5-10-12(19-8(3)15)9(18-7(2)14)4-11(16)20-10/h9-12,16H,4-5H2,1-3H3/t9-,10+,11-,12-/m1/s1. The van der Waals surface area contributed by atoms with Crippen LogP contribution in [0.1, 0.15) is 27.2 Å². The van der Waals surface area contributed by atoms with Gasteiger partial charge in [0.15, 0.2) is 12.4 Å². The second-order valence-electron chi connectivity index (χ2n) is 4.39. The Kier molecular flexibility index (Phi) is 5.90. The zero-order valence-corrected chi connectivity index (χ0v) is 11.5. The minimum absolute atomic E-state index is 0.0336. The van der Waals surface area contributed by atoms with Crippen molar-refractivity contribution < 1.29 is 38.4 Å². The number of rotatable bonds is 4. The number of ether oxygens (including phenoxy) is 4. The predicted molar refractivity (Wildman–Crippen MR) is 63.2 cm³/mol. The number of esters is 3. The fourth-order valence-electron chi connectivity index (χ4n) is 1.91. The largest absolute Gasteiger partial charge is 0.463 e. The highest BCUT2D eigenvalue weighted by atomic mass is 16.7. The Morgan fingerprint density at radius 1 is 1.10 bits per heavy atom. The topological polar surface area (TPSA) is 108 Å². The van der Waals surface area contributed by atoms with E-state index >= 15 is 0 Å². The lowest BCUT2D eigenvalue weighted by atomic mass is 10.0. The average molecular weight is 290 g/mol. The third kappa shape index (κ3) is 5.14. The molecule has 0 aromatic carbocycles. The first-order valence-corrected chi connectivity index (χ1v) is 6.11. The molecule has 114 valence electrons. The van der Waals surface area contributed by atoms with Gasteiger partial charge >= 0.3 is 17.9 Å². The maximum absolute atomic E-state index is 11.1. The van der Waals surface area contributed by atoms with Gasteiger partial charge in [-0.2, -0.15) is 0 Å². The summed E-state index contributed by atoms with van der Waals surface area (Å²) in [5.41, 5.74) is 0. The zero-order valence-electron chi connectivity index (χ0n) is 11.5. The Morgan fingerprint density at radius 3 is 2.20 bits per heavy atom. The lowest BCUT2D eigenvalue weighted by Crippen LogP contribution is -2.53. The molecular weight excluding hydrogens is 272 g/mol. The van der Waals surface area contributed by atoms with Crippen molar-refractivity contribution in [2.24, 2.45) is 0 Å². The molecule has 4 atom stereocenters. The molecule has 8 heteroatoms. The summed E-state index contributed by atoms with van der Waals surface area (Å²) in [4.78, 5) is 33.0. The van der Waals surface area contributed by atoms with Gasteiger partial charge in [0.1, 0.15) is 18.8 Å². The van der Waals surface area contributed by atoms with Crippen molar-refractivity contribution in [3.05, 3.63) is 0 Å². The first-order valence-electron chi connectivity index (χ1n) is 6.11. The summed E-state index contributed by atoms with van der Waals surface area (Å²) in [7, 11) is 0. The maximum atomic E-state index is 11.1. The smallest absolute Gasteiger partial charge is 0.303 e. The van der Waals surface area contributed by atoms with Crippen LogP contribution in [0.4, 0.5) is 0 Å². The molecule has 1 aliphatic heterocycles. The molecule has 20 heavy (non-hydrogen) atoms. The number of hydrogen-bond donors (Lipinski definition) is 1. The van der Waals surface area contributed by atoms with Crippen LogP contribution in [-0.4, -0.2) is 54.2 Å². The molecule has 0 spiro atoms. The molecular formula is C12H18O8. The third-order valence-electron chi connectivity index (χ3n) is 2.57. The summed E-state index contributed by atoms with van der Waals surface area (Å²) < 4.78 is 20.0. The molecule has 1 heterocycles. The number of aliphatic hydroxyl groups excluding tert-OH is 1. The van der Waals surface area contributed by atoms with Gasteiger partial charge in [-0.25, -0.2) is 0 Å². The van der Waals surface area contributed by atoms with Crippen LogP contribution in [0.3, 0.4) is 0 Å². The molecule has 1 aliphatic rings. The molecule has 0 aromatic heterocycles. The fourth-order valence-corrected chi connectivity index (χ4v) is 1.91. The van der Waals surface area contributed by atoms with Gasteiger partial charge in [-0.1, -0.05) is 0 Å². The monoisotopic (exact) mass is 290 g/mol. The summed E-state index contributed by atoms with van der Waals surface area (Å²) in [6.07, 6.45) is -3.95. The van der Waals surface area contributed by atoms with Gasteiger partial charge in [-0.15, -0.1) is 0 Å². The molecule has 1 fully saturated rings. The minimum Gasteiger partial charge on any atom is -0.463 e. The second-order valence-corrected chi connectivity index (χ2v) is 4.39. The van der Waals surface area contributed by atoms with Gasteiger partial charge < -0.3 is 24.1 Å². The third-order valence-corrected chi connectivity index (χ3v) is 2.57. The molecule has 1 rings (SSSR count). The Bertz CT molecular complexity index is 380. The van der Waals surface area contributed by atoms with Crippen molar-refractivity contribution in [1.82, 2.24) is 0 Å². The summed E-state index contributed by atoms with van der Waals surface area (Å²) >= 11 is 0. The van der Waals surface area contributed by atoms with E-state index in [1.165, 1.54) is 20.8 Å². The number of hydrogen-bond acceptors (Lipinski definition) is 8. The molecule has 0 amide bonds. The van der Waals surface area contributed by atoms with Crippen molar-refractivity contribution in [2.75, 3.05) is 6.61 Å². The van der Waals surface area contributed by atoms with Crippen LogP contribution in [0.5, 0.6) is 0 Å². The van der Waals surface area contributed by atoms with Crippen LogP contribution in [0.25, 0.3) is 0 Å². The van der Waals surface area contributed by atoms with E-state index in [0.717, 1.165) is 0 Å². The van der Waals surface area contributed by atoms with Crippen LogP contribution >= 0.6 is 0 Å². The van der Waals surface area contributed by atoms with E-state index in [9.17, 15) is 19.5 Å². The molecule has 0 radical (unpaired) electrons. The fraction of sp³-hybridized carbons (Fsp3) is 0.750. The first-order chi connectivity index (χ1) is 9.29. The van der Waals surface area contributed by atoms with Crippen molar-refractivity contribution in [2.45, 2.75) is 51.8 Å². The molecule has 1 saturated heterocycles. The summed E-state index contributed by atoms with van der Waals surface area (Å²) in [6, 6.07) is 0. The quantitative estimate of drug-likeness (QED) is 0.546. The maximum Gasteiger partial charge on any atom is 0.303 e. The van der Waals surface area contributed by atoms with Gasteiger partial charge in [0.2, 0.25) is 0 Å². The Labute approximate surface area is 115 Å². The Balaban J connectivity index is 2.82. The Hall–Kier alpha value is -1.67. The molecule has 0 saturated carbocycles. The summed E-state index contributed by atoms with van der Waals surface area (Å²) in [5.74, 6) is -1.72. The first kappa shape index (κ1) is 16.4. The van der Waals surface area contributed by atoms with Crippen LogP contribution in [0.15, 0.2) is 0 Å². The van der Waals surface area contributed by atoms with E-state index < -0.39 is 42.5 Å². The van der Waals surface area contributed by atoms with E-state index in [-0.39, 0.29) is 13.0 Å². The Morgan fingerprint density at radius 2 is 1.70 bits per heavy atom. The van der Waals surface area contributed by atoms with Crippen molar-refractivity contribution in [3.8, 4) is 0 Å². The zero-order chi connectivity index (χ0) is 15.3. The molecule has 8 nitrogen and oxygen atoms in total. The normalized spacial score (nSPS) is 29.4. The highest BCUT2D eigenvalue weighted by molar-refractivity contribution is 5.67. The van der Waals surface area contributed by atoms with Crippen LogP contribution < -0.4 is 0 Å². The number of aliphatic hydroxyl groups is 1. The minimum atomic E-state index is -1.20. The highest BCUT2D eigenvalue weighted by Crippen LogP contribution is 2.25. The molecule has 0 unspecified atom stereocenters. The molecule has 0 aromatic rings. The van der Waals surface area contributed by atoms with E-state index in [4.69, 9.17) is 18.9 Å². The lowest BCUT2D eigenvalue weighted by molar-refractivity contribution is -0.252. The average Bonchev–Trinajstić information content (AvgIpc) is 2.28. The molecule has 0 aliphatic carbocycles. The van der Waals surface area contributed by atoms with E-state index in [2.05, 4.69) is 0 Å². The predicted octanol–water partition coefficient (Wildman–Crippen LogP) is -0.480. The summed E-state index contributed by atoms with van der Waals surface area (Å²) in [5, 5.41) is 9.59. The van der Waals surface area contributed by atoms with Gasteiger partial charge in [0.05, 0.1) is 0 Å². The van der Waals surface area contributed by atoms with Crippen molar-refractivity contribution in [1.29, 1.82) is 0 Å². The van der Waals surface area contributed by atoms with Gasteiger partial charge in [-0.05, 0) is 0 Å². The van der Waals surface area contributed by atoms with E-state index in [0.29, 0.717) is 0 Å². The molecule has 1 N–H and O–H groups in total. The van der Waals surface area contributed by atoms with Crippen molar-refractivity contribution in [3.63, 3.8) is 0 Å². The van der Waals surface area contributed by atoms with Crippen molar-refractivity contribution >= 4 is 17.9 Å². The van der Waals surface area contributed by atoms with Crippen LogP contribution in [-0.2, 0) is 33.3 Å². The SMILES string of the molecule is CC(=O)OC[C@@H]1O[C@@H](O)C[C@@H](OC(C)=O)[C@H]1OC(C)=O.